The first-order valence-corrected chi connectivity index (χ1v) is 7.29. The maximum atomic E-state index is 6.39. The van der Waals surface area contributed by atoms with Crippen molar-refractivity contribution in [1.29, 1.82) is 0 Å². The summed E-state index contributed by atoms with van der Waals surface area (Å²) in [7, 11) is 5.65. The van der Waals surface area contributed by atoms with Crippen LogP contribution in [-0.2, 0) is 13.1 Å². The number of hydrogen-bond acceptors (Lipinski definition) is 3. The molecular weight excluding hydrogens is 284 g/mol. The van der Waals surface area contributed by atoms with Gasteiger partial charge in [-0.3, -0.25) is 0 Å². The van der Waals surface area contributed by atoms with E-state index < -0.39 is 0 Å². The van der Waals surface area contributed by atoms with Crippen molar-refractivity contribution in [2.75, 3.05) is 26.1 Å². The normalized spacial score (nSPS) is 10.5. The minimum Gasteiger partial charge on any atom is -0.497 e. The highest BCUT2D eigenvalue weighted by atomic mass is 35.5. The number of methoxy groups -OCH3 is 1. The van der Waals surface area contributed by atoms with Crippen molar-refractivity contribution in [3.63, 3.8) is 0 Å². The third kappa shape index (κ3) is 4.13. The van der Waals surface area contributed by atoms with Crippen LogP contribution in [0.15, 0.2) is 42.5 Å². The molecule has 0 fully saturated rings. The van der Waals surface area contributed by atoms with Crippen LogP contribution in [0.25, 0.3) is 0 Å². The van der Waals surface area contributed by atoms with E-state index in [1.807, 2.05) is 38.4 Å². The van der Waals surface area contributed by atoms with Gasteiger partial charge in [0, 0.05) is 20.1 Å². The molecule has 2 aromatic carbocycles. The Balaban J connectivity index is 2.14. The molecule has 0 bridgehead atoms. The summed E-state index contributed by atoms with van der Waals surface area (Å²) < 4.78 is 5.26. The van der Waals surface area contributed by atoms with Crippen LogP contribution in [-0.4, -0.2) is 21.2 Å². The van der Waals surface area contributed by atoms with E-state index in [0.717, 1.165) is 29.5 Å². The molecule has 21 heavy (non-hydrogen) atoms. The van der Waals surface area contributed by atoms with Gasteiger partial charge in [0.15, 0.2) is 0 Å². The van der Waals surface area contributed by atoms with Gasteiger partial charge in [0.1, 0.15) is 5.75 Å². The molecule has 0 saturated carbocycles. The Kier molecular flexibility index (Phi) is 5.48. The lowest BCUT2D eigenvalue weighted by Crippen LogP contribution is -2.17. The van der Waals surface area contributed by atoms with Gasteiger partial charge >= 0.3 is 0 Å². The molecule has 2 rings (SSSR count). The van der Waals surface area contributed by atoms with Crippen LogP contribution < -0.4 is 15.0 Å². The predicted octanol–water partition coefficient (Wildman–Crippen LogP) is 3.70. The van der Waals surface area contributed by atoms with Crippen molar-refractivity contribution in [2.45, 2.75) is 13.1 Å². The second-order valence-corrected chi connectivity index (χ2v) is 5.43. The fourth-order valence-corrected chi connectivity index (χ4v) is 2.65. The van der Waals surface area contributed by atoms with Crippen LogP contribution in [0.1, 0.15) is 11.1 Å². The summed E-state index contributed by atoms with van der Waals surface area (Å²) in [5.74, 6) is 0.872. The monoisotopic (exact) mass is 304 g/mol. The molecule has 0 aliphatic carbocycles. The molecule has 0 saturated heterocycles. The Bertz CT molecular complexity index is 601. The van der Waals surface area contributed by atoms with Gasteiger partial charge in [0.2, 0.25) is 0 Å². The Labute approximate surface area is 131 Å². The van der Waals surface area contributed by atoms with E-state index in [1.165, 1.54) is 11.1 Å². The van der Waals surface area contributed by atoms with Crippen molar-refractivity contribution in [1.82, 2.24) is 5.32 Å². The van der Waals surface area contributed by atoms with Gasteiger partial charge in [0.25, 0.3) is 0 Å². The smallest absolute Gasteiger partial charge is 0.119 e. The van der Waals surface area contributed by atoms with Gasteiger partial charge in [-0.15, -0.1) is 0 Å². The van der Waals surface area contributed by atoms with Crippen LogP contribution in [0.4, 0.5) is 5.69 Å². The highest BCUT2D eigenvalue weighted by Crippen LogP contribution is 2.27. The molecule has 0 aliphatic heterocycles. The molecule has 0 aromatic heterocycles. The summed E-state index contributed by atoms with van der Waals surface area (Å²) >= 11 is 6.39. The van der Waals surface area contributed by atoms with Crippen LogP contribution in [0.3, 0.4) is 0 Å². The second-order valence-electron chi connectivity index (χ2n) is 5.02. The van der Waals surface area contributed by atoms with Crippen LogP contribution in [0.5, 0.6) is 5.75 Å². The number of nitrogens with zero attached hydrogens (tertiary/aromatic N) is 1. The zero-order valence-corrected chi connectivity index (χ0v) is 13.4. The Morgan fingerprint density at radius 2 is 1.95 bits per heavy atom. The van der Waals surface area contributed by atoms with E-state index in [2.05, 4.69) is 28.4 Å². The van der Waals surface area contributed by atoms with Gasteiger partial charge in [-0.25, -0.2) is 0 Å². The van der Waals surface area contributed by atoms with Crippen molar-refractivity contribution in [2.24, 2.45) is 0 Å². The molecule has 2 aromatic rings. The first kappa shape index (κ1) is 15.7. The molecule has 0 aliphatic rings. The van der Waals surface area contributed by atoms with Gasteiger partial charge in [-0.1, -0.05) is 29.8 Å². The fourth-order valence-electron chi connectivity index (χ4n) is 2.30. The maximum Gasteiger partial charge on any atom is 0.119 e. The zero-order valence-electron chi connectivity index (χ0n) is 12.7. The third-order valence-corrected chi connectivity index (χ3v) is 3.66. The minimum atomic E-state index is 0.771. The minimum absolute atomic E-state index is 0.771. The summed E-state index contributed by atoms with van der Waals surface area (Å²) in [6.07, 6.45) is 0. The second kappa shape index (κ2) is 7.34. The summed E-state index contributed by atoms with van der Waals surface area (Å²) in [5, 5.41) is 3.90. The Hall–Kier alpha value is -1.71. The van der Waals surface area contributed by atoms with Crippen LogP contribution in [0.2, 0.25) is 5.02 Å². The van der Waals surface area contributed by atoms with Gasteiger partial charge in [-0.2, -0.15) is 0 Å². The molecular formula is C17H21ClN2O. The van der Waals surface area contributed by atoms with E-state index in [-0.39, 0.29) is 0 Å². The maximum absolute atomic E-state index is 6.39. The molecule has 3 nitrogen and oxygen atoms in total. The lowest BCUT2D eigenvalue weighted by atomic mass is 10.1. The van der Waals surface area contributed by atoms with Gasteiger partial charge < -0.3 is 15.0 Å². The first-order chi connectivity index (χ1) is 10.1. The van der Waals surface area contributed by atoms with Crippen molar-refractivity contribution in [3.8, 4) is 5.75 Å². The number of benzene rings is 2. The third-order valence-electron chi connectivity index (χ3n) is 3.36. The number of ether oxygens (including phenoxy) is 1. The first-order valence-electron chi connectivity index (χ1n) is 6.91. The summed E-state index contributed by atoms with van der Waals surface area (Å²) in [4.78, 5) is 2.14. The molecule has 0 unspecified atom stereocenters. The number of anilines is 1. The van der Waals surface area contributed by atoms with Crippen LogP contribution >= 0.6 is 11.6 Å². The largest absolute Gasteiger partial charge is 0.497 e. The molecule has 1 N–H and O–H groups in total. The topological polar surface area (TPSA) is 24.5 Å². The summed E-state index contributed by atoms with van der Waals surface area (Å²) in [6, 6.07) is 14.2. The van der Waals surface area contributed by atoms with E-state index >= 15 is 0 Å². The predicted molar refractivity (Wildman–Crippen MR) is 89.3 cm³/mol. The fraction of sp³-hybridized carbons (Fsp3) is 0.294. The van der Waals surface area contributed by atoms with Crippen molar-refractivity contribution < 1.29 is 4.74 Å². The van der Waals surface area contributed by atoms with E-state index in [9.17, 15) is 0 Å². The Morgan fingerprint density at radius 1 is 1.14 bits per heavy atom. The van der Waals surface area contributed by atoms with Gasteiger partial charge in [-0.05, 0) is 42.4 Å². The Morgan fingerprint density at radius 3 is 2.62 bits per heavy atom. The summed E-state index contributed by atoms with van der Waals surface area (Å²) in [5.41, 5.74) is 3.40. The molecule has 112 valence electrons. The van der Waals surface area contributed by atoms with Crippen molar-refractivity contribution >= 4 is 17.3 Å². The number of halogens is 1. The SMILES string of the molecule is CNCc1ccc(N(C)Cc2cccc(OC)c2)c(Cl)c1. The van der Waals surface area contributed by atoms with Crippen molar-refractivity contribution in [3.05, 3.63) is 58.6 Å². The quantitative estimate of drug-likeness (QED) is 0.880. The van der Waals surface area contributed by atoms with Crippen LogP contribution in [0, 0.1) is 0 Å². The molecule has 4 heteroatoms. The lowest BCUT2D eigenvalue weighted by molar-refractivity contribution is 0.414. The van der Waals surface area contributed by atoms with Gasteiger partial charge in [0.05, 0.1) is 17.8 Å². The standard InChI is InChI=1S/C17H21ClN2O/c1-19-11-13-7-8-17(16(18)10-13)20(2)12-14-5-4-6-15(9-14)21-3/h4-10,19H,11-12H2,1-3H3. The number of nitrogens with one attached hydrogen (secondary N) is 1. The average molecular weight is 305 g/mol. The highest BCUT2D eigenvalue weighted by molar-refractivity contribution is 6.33. The summed E-state index contributed by atoms with van der Waals surface area (Å²) in [6.45, 7) is 1.60. The molecule has 0 amide bonds. The van der Waals surface area contributed by atoms with E-state index in [0.29, 0.717) is 0 Å². The zero-order chi connectivity index (χ0) is 15.2. The van der Waals surface area contributed by atoms with E-state index in [4.69, 9.17) is 16.3 Å². The molecule has 0 radical (unpaired) electrons. The molecule has 0 atom stereocenters. The number of rotatable bonds is 6. The number of hydrogen-bond donors (Lipinski definition) is 1. The highest BCUT2D eigenvalue weighted by Gasteiger charge is 2.08. The lowest BCUT2D eigenvalue weighted by Gasteiger charge is -2.21. The average Bonchev–Trinajstić information content (AvgIpc) is 2.47. The molecule has 0 heterocycles. The van der Waals surface area contributed by atoms with E-state index in [1.54, 1.807) is 7.11 Å². The molecule has 0 spiro atoms.